The molecule has 11 aromatic rings. The third kappa shape index (κ3) is 21.8. The fraction of sp³-hybridized carbons (Fsp3) is 0.305. The van der Waals surface area contributed by atoms with Gasteiger partial charge in [-0.3, -0.25) is 44.9 Å². The van der Waals surface area contributed by atoms with Crippen molar-refractivity contribution in [3.63, 3.8) is 0 Å². The number of aromatic nitrogens is 4. The van der Waals surface area contributed by atoms with Gasteiger partial charge in [0.15, 0.2) is 0 Å². The highest BCUT2D eigenvalue weighted by atomic mass is 35.5. The Morgan fingerprint density at radius 1 is 0.359 bits per heavy atom. The lowest BCUT2D eigenvalue weighted by Crippen LogP contribution is -2.38. The lowest BCUT2D eigenvalue weighted by Gasteiger charge is -2.29. The molecule has 0 bridgehead atoms. The minimum atomic E-state index is -0.978. The molecule has 0 saturated carbocycles. The smallest absolute Gasteiger partial charge is 0.419 e. The number of halogens is 1. The van der Waals surface area contributed by atoms with E-state index in [1.54, 1.807) is 45.0 Å². The second-order valence-corrected chi connectivity index (χ2v) is 34.6. The van der Waals surface area contributed by atoms with Crippen LogP contribution in [0.4, 0.5) is 31.4 Å². The Labute approximate surface area is 741 Å². The number of nitro groups is 3. The van der Waals surface area contributed by atoms with Gasteiger partial charge in [0.1, 0.15) is 17.2 Å². The van der Waals surface area contributed by atoms with Gasteiger partial charge in [0.05, 0.1) is 84.3 Å². The van der Waals surface area contributed by atoms with Crippen molar-refractivity contribution in [1.29, 1.82) is 0 Å². The number of rotatable bonds is 14. The number of ether oxygens (including phenoxy) is 7. The van der Waals surface area contributed by atoms with E-state index in [2.05, 4.69) is 63.8 Å². The Morgan fingerprint density at radius 3 is 0.883 bits per heavy atom. The molecule has 3 amide bonds. The molecule has 0 atom stereocenters. The van der Waals surface area contributed by atoms with E-state index in [1.807, 2.05) is 146 Å². The molecule has 32 nitrogen and oxygen atoms in total. The topological polar surface area (TPSA) is 415 Å². The second kappa shape index (κ2) is 38.8. The molecule has 7 aromatic carbocycles. The number of nitrogens with one attached hydrogen (secondary N) is 5. The molecule has 4 aromatic heterocycles. The molecule has 0 unspecified atom stereocenters. The summed E-state index contributed by atoms with van der Waals surface area (Å²) in [7, 11) is 0. The Morgan fingerprint density at radius 2 is 0.609 bits per heavy atom. The third-order valence-electron chi connectivity index (χ3n) is 20.8. The maximum atomic E-state index is 13.1. The van der Waals surface area contributed by atoms with Crippen LogP contribution in [0.15, 0.2) is 195 Å². The van der Waals surface area contributed by atoms with Crippen molar-refractivity contribution in [3.05, 3.63) is 270 Å². The number of carbonyl (C=O) groups is 8. The van der Waals surface area contributed by atoms with Crippen molar-refractivity contribution < 1.29 is 86.3 Å². The summed E-state index contributed by atoms with van der Waals surface area (Å²) in [5, 5.41) is 39.4. The van der Waals surface area contributed by atoms with Crippen LogP contribution in [0.3, 0.4) is 0 Å². The fourth-order valence-electron chi connectivity index (χ4n) is 15.6. The zero-order valence-electron chi connectivity index (χ0n) is 73.7. The zero-order valence-corrected chi connectivity index (χ0v) is 74.5. The number of nitro benzene ring substituents is 3. The summed E-state index contributed by atoms with van der Waals surface area (Å²) in [5.41, 5.74) is 9.17. The van der Waals surface area contributed by atoms with Crippen molar-refractivity contribution in [3.8, 4) is 17.2 Å². The van der Waals surface area contributed by atoms with Crippen molar-refractivity contribution in [2.45, 2.75) is 164 Å². The van der Waals surface area contributed by atoms with E-state index in [1.165, 1.54) is 107 Å². The first-order valence-electron chi connectivity index (χ1n) is 41.1. The van der Waals surface area contributed by atoms with Gasteiger partial charge in [-0.1, -0.05) is 128 Å². The molecule has 4 aliphatic rings. The molecule has 4 aliphatic heterocycles. The summed E-state index contributed by atoms with van der Waals surface area (Å²) in [5.74, 6) is -1.47. The Kier molecular flexibility index (Phi) is 28.5. The van der Waals surface area contributed by atoms with Gasteiger partial charge in [-0.15, -0.1) is 0 Å². The van der Waals surface area contributed by atoms with Gasteiger partial charge >= 0.3 is 41.5 Å². The van der Waals surface area contributed by atoms with E-state index in [9.17, 15) is 68.7 Å². The first-order chi connectivity index (χ1) is 60.3. The molecule has 0 saturated heterocycles. The average Bonchev–Trinajstić information content (AvgIpc) is 1.60. The number of esters is 4. The molecule has 15 rings (SSSR count). The van der Waals surface area contributed by atoms with Crippen LogP contribution in [-0.2, 0) is 64.6 Å². The number of amides is 3. The van der Waals surface area contributed by atoms with Gasteiger partial charge in [0.25, 0.3) is 17.1 Å². The van der Waals surface area contributed by atoms with E-state index >= 15 is 0 Å². The summed E-state index contributed by atoms with van der Waals surface area (Å²) in [4.78, 5) is 148. The van der Waals surface area contributed by atoms with Crippen LogP contribution in [0.2, 0.25) is 0 Å². The minimum Gasteiger partial charge on any atom is -0.459 e. The molecule has 668 valence electrons. The Bertz CT molecular complexity index is 6050. The number of para-hydroxylation sites is 4. The predicted octanol–water partition coefficient (Wildman–Crippen LogP) is 19.6. The lowest BCUT2D eigenvalue weighted by molar-refractivity contribution is -0.385. The first-order valence-corrected chi connectivity index (χ1v) is 41.4. The molecule has 5 N–H and O–H groups in total. The molecule has 0 aliphatic carbocycles. The number of H-pyrrole nitrogens is 4. The van der Waals surface area contributed by atoms with Crippen LogP contribution in [0, 0.1) is 30.3 Å². The van der Waals surface area contributed by atoms with E-state index in [-0.39, 0.29) is 106 Å². The van der Waals surface area contributed by atoms with Crippen LogP contribution in [-0.4, -0.2) is 147 Å². The van der Waals surface area contributed by atoms with E-state index in [0.29, 0.717) is 29.1 Å². The SMILES string of the molecule is CC(=O)N1C=C(C(=O)OC(C)C)c2[nH]c3ccccc3c2C(C)(C)C1.CC(C)OC(=O)C1=CN(C(=O)Oc2ccc([N+](=O)[O-])cc2)CC(C)(C)c2c1[nH]c1ccccc21.CC(C)OC(=O)C1=CN(C(=O)Oc2ccc([N+](=O)[O-])cc2)CC(C)(C)c2c1[nH]c1ccccc21.CC(C)OC(=O)C1=CNCC(C)(C)c2c1[nH]c1ccccc21.O=C(Cl)Oc1ccc([N+](=O)[O-])cc1. The van der Waals surface area contributed by atoms with Crippen LogP contribution in [0.25, 0.3) is 65.9 Å². The van der Waals surface area contributed by atoms with Crippen LogP contribution in [0.1, 0.15) is 163 Å². The summed E-state index contributed by atoms with van der Waals surface area (Å²) in [6.45, 7) is 34.1. The maximum absolute atomic E-state index is 13.1. The normalized spacial score (nSPS) is 14.9. The predicted molar refractivity (Wildman–Crippen MR) is 484 cm³/mol. The summed E-state index contributed by atoms with van der Waals surface area (Å²) in [6.07, 6.45) is 3.78. The minimum absolute atomic E-state index is 0.0747. The summed E-state index contributed by atoms with van der Waals surface area (Å²) < 4.78 is 37.2. The number of hydrogen-bond acceptors (Lipinski definition) is 22. The van der Waals surface area contributed by atoms with E-state index in [4.69, 9.17) is 40.0 Å². The van der Waals surface area contributed by atoms with Gasteiger partial charge < -0.3 is 63.3 Å². The molecule has 33 heteroatoms. The average molecular weight is 1770 g/mol. The van der Waals surface area contributed by atoms with Crippen LogP contribution >= 0.6 is 11.6 Å². The van der Waals surface area contributed by atoms with Gasteiger partial charge in [-0.2, -0.15) is 0 Å². The molecular formula is C95H100ClN11O21. The molecule has 0 radical (unpaired) electrons. The van der Waals surface area contributed by atoms with Crippen molar-refractivity contribution in [2.75, 3.05) is 26.2 Å². The molecule has 8 heterocycles. The quantitative estimate of drug-likeness (QED) is 0.0222. The largest absolute Gasteiger partial charge is 0.459 e. The first kappa shape index (κ1) is 94.0. The Balaban J connectivity index is 0.000000160. The van der Waals surface area contributed by atoms with Gasteiger partial charge in [0.2, 0.25) is 5.91 Å². The molecule has 0 fully saturated rings. The third-order valence-corrected chi connectivity index (χ3v) is 20.9. The maximum Gasteiger partial charge on any atom is 0.419 e. The number of hydrogen-bond donors (Lipinski definition) is 5. The van der Waals surface area contributed by atoms with Gasteiger partial charge in [0, 0.05) is 171 Å². The van der Waals surface area contributed by atoms with Gasteiger partial charge in [-0.05, 0) is 138 Å². The standard InChI is InChI=1S/2C25H25N3O6.C20H24N2O3.C18H22N2O2.C7H4ClNO4/c2*1-15(2)33-23(29)19-13-27(24(30)34-17-11-9-16(10-12-17)28(31)32)14-25(3,4)21-18-7-5-6-8-20(18)26-22(19)21;1-12(2)25-19(24)15-10-22(13(3)23)11-20(4,5)17-14-8-6-7-9-16(14)21-18(15)17;1-11(2)22-17(21)13-9-19-10-18(3,4)15-12-7-5-6-8-14(12)20-16(13)15;8-7(10)13-6-3-1-5(2-4-6)9(11)12/h2*5-13,15,26H,14H2,1-4H3;6-10,12,21H,11H2,1-5H3;5-9,11,19-20H,10H2,1-4H3;1-4H. The lowest BCUT2D eigenvalue weighted by atomic mass is 9.82. The summed E-state index contributed by atoms with van der Waals surface area (Å²) >= 11 is 4.92. The number of fused-ring (bicyclic) bond motifs is 12. The van der Waals surface area contributed by atoms with Crippen molar-refractivity contribution in [1.82, 2.24) is 40.0 Å². The zero-order chi connectivity index (χ0) is 93.3. The number of benzene rings is 7. The highest BCUT2D eigenvalue weighted by Crippen LogP contribution is 2.46. The van der Waals surface area contributed by atoms with Crippen molar-refractivity contribution in [2.24, 2.45) is 0 Å². The number of carbonyl (C=O) groups excluding carboxylic acids is 8. The summed E-state index contributed by atoms with van der Waals surface area (Å²) in [6, 6.07) is 47.1. The molecule has 0 spiro atoms. The monoisotopic (exact) mass is 1770 g/mol. The van der Waals surface area contributed by atoms with Crippen molar-refractivity contribution >= 4 is 142 Å². The van der Waals surface area contributed by atoms with E-state index in [0.717, 1.165) is 78.2 Å². The number of nitrogens with zero attached hydrogens (tertiary/aromatic N) is 6. The highest BCUT2D eigenvalue weighted by molar-refractivity contribution is 6.61. The highest BCUT2D eigenvalue weighted by Gasteiger charge is 2.42. The van der Waals surface area contributed by atoms with Crippen LogP contribution < -0.4 is 19.5 Å². The van der Waals surface area contributed by atoms with Crippen LogP contribution in [0.5, 0.6) is 17.2 Å². The number of non-ortho nitro benzene ring substituents is 3. The van der Waals surface area contributed by atoms with E-state index < -0.39 is 61.1 Å². The second-order valence-electron chi connectivity index (χ2n) is 34.3. The Hall–Kier alpha value is -14.7. The molecule has 128 heavy (non-hydrogen) atoms. The molecular weight excluding hydrogens is 1670 g/mol. The van der Waals surface area contributed by atoms with Gasteiger partial charge in [-0.25, -0.2) is 33.6 Å². The fourth-order valence-corrected chi connectivity index (χ4v) is 15.6. The number of aromatic amines is 4.